The van der Waals surface area contributed by atoms with Crippen LogP contribution in [-0.4, -0.2) is 11.7 Å². The zero-order chi connectivity index (χ0) is 13.0. The van der Waals surface area contributed by atoms with Crippen LogP contribution in [0.2, 0.25) is 5.02 Å². The standard InChI is InChI=1S/C13H14ClFN2O/c1-2-5-16-8-10-7-13(18-17-10)9-3-4-12(15)11(14)6-9/h3-4,6-7,16H,2,5,8H2,1H3. The molecule has 0 aliphatic rings. The van der Waals surface area contributed by atoms with Crippen LogP contribution in [0.3, 0.4) is 0 Å². The number of nitrogens with zero attached hydrogens (tertiary/aromatic N) is 1. The Bertz CT molecular complexity index is 527. The first-order valence-electron chi connectivity index (χ1n) is 5.82. The molecule has 1 N–H and O–H groups in total. The van der Waals surface area contributed by atoms with E-state index in [1.165, 1.54) is 12.1 Å². The Labute approximate surface area is 110 Å². The number of rotatable bonds is 5. The molecule has 1 aromatic heterocycles. The first kappa shape index (κ1) is 13.1. The quantitative estimate of drug-likeness (QED) is 0.842. The van der Waals surface area contributed by atoms with Crippen LogP contribution in [-0.2, 0) is 6.54 Å². The number of nitrogens with one attached hydrogen (secondary N) is 1. The van der Waals surface area contributed by atoms with Gasteiger partial charge in [0.2, 0.25) is 0 Å². The molecule has 0 aliphatic carbocycles. The molecule has 0 amide bonds. The van der Waals surface area contributed by atoms with E-state index < -0.39 is 5.82 Å². The summed E-state index contributed by atoms with van der Waals surface area (Å²) in [6, 6.07) is 6.28. The minimum atomic E-state index is -0.440. The van der Waals surface area contributed by atoms with E-state index in [1.807, 2.05) is 6.07 Å². The van der Waals surface area contributed by atoms with Crippen LogP contribution in [0.5, 0.6) is 0 Å². The molecule has 1 heterocycles. The highest BCUT2D eigenvalue weighted by molar-refractivity contribution is 6.31. The molecule has 2 rings (SSSR count). The van der Waals surface area contributed by atoms with Crippen molar-refractivity contribution in [1.82, 2.24) is 10.5 Å². The van der Waals surface area contributed by atoms with Gasteiger partial charge in [0, 0.05) is 18.2 Å². The average molecular weight is 269 g/mol. The number of hydrogen-bond acceptors (Lipinski definition) is 3. The van der Waals surface area contributed by atoms with Gasteiger partial charge in [0.25, 0.3) is 0 Å². The lowest BCUT2D eigenvalue weighted by Gasteiger charge is -1.97. The second kappa shape index (κ2) is 5.98. The highest BCUT2D eigenvalue weighted by Crippen LogP contribution is 2.25. The molecule has 0 aliphatic heterocycles. The Balaban J connectivity index is 2.11. The lowest BCUT2D eigenvalue weighted by molar-refractivity contribution is 0.420. The van der Waals surface area contributed by atoms with Crippen molar-refractivity contribution in [2.45, 2.75) is 19.9 Å². The SMILES string of the molecule is CCCNCc1cc(-c2ccc(F)c(Cl)c2)on1. The number of benzene rings is 1. The molecule has 0 spiro atoms. The molecule has 0 radical (unpaired) electrons. The minimum absolute atomic E-state index is 0.0783. The van der Waals surface area contributed by atoms with Crippen LogP contribution in [0.15, 0.2) is 28.8 Å². The summed E-state index contributed by atoms with van der Waals surface area (Å²) in [6.45, 7) is 3.69. The zero-order valence-electron chi connectivity index (χ0n) is 10.0. The van der Waals surface area contributed by atoms with Crippen molar-refractivity contribution in [3.05, 3.63) is 40.8 Å². The molecule has 0 saturated carbocycles. The molecule has 96 valence electrons. The van der Waals surface area contributed by atoms with Gasteiger partial charge in [0.1, 0.15) is 5.82 Å². The summed E-state index contributed by atoms with van der Waals surface area (Å²) in [7, 11) is 0. The molecule has 5 heteroatoms. The molecular weight excluding hydrogens is 255 g/mol. The van der Waals surface area contributed by atoms with Gasteiger partial charge in [-0.2, -0.15) is 0 Å². The lowest BCUT2D eigenvalue weighted by Crippen LogP contribution is -2.13. The van der Waals surface area contributed by atoms with Gasteiger partial charge in [-0.15, -0.1) is 0 Å². The summed E-state index contributed by atoms with van der Waals surface area (Å²) < 4.78 is 18.2. The third kappa shape index (κ3) is 3.09. The summed E-state index contributed by atoms with van der Waals surface area (Å²) in [5.41, 5.74) is 1.54. The lowest BCUT2D eigenvalue weighted by atomic mass is 10.1. The van der Waals surface area contributed by atoms with Gasteiger partial charge in [-0.05, 0) is 31.2 Å². The van der Waals surface area contributed by atoms with Gasteiger partial charge < -0.3 is 9.84 Å². The van der Waals surface area contributed by atoms with Crippen molar-refractivity contribution >= 4 is 11.6 Å². The smallest absolute Gasteiger partial charge is 0.167 e. The van der Waals surface area contributed by atoms with Gasteiger partial charge in [0.05, 0.1) is 10.7 Å². The van der Waals surface area contributed by atoms with E-state index in [4.69, 9.17) is 16.1 Å². The second-order valence-electron chi connectivity index (χ2n) is 3.99. The molecule has 3 nitrogen and oxygen atoms in total. The molecule has 0 bridgehead atoms. The molecule has 1 aromatic carbocycles. The van der Waals surface area contributed by atoms with Gasteiger partial charge in [-0.3, -0.25) is 0 Å². The van der Waals surface area contributed by atoms with Gasteiger partial charge in [-0.25, -0.2) is 4.39 Å². The fourth-order valence-electron chi connectivity index (χ4n) is 1.57. The fraction of sp³-hybridized carbons (Fsp3) is 0.308. The van der Waals surface area contributed by atoms with Gasteiger partial charge in [0.15, 0.2) is 5.76 Å². The predicted molar refractivity (Wildman–Crippen MR) is 68.9 cm³/mol. The summed E-state index contributed by atoms with van der Waals surface area (Å²) in [6.07, 6.45) is 1.07. The highest BCUT2D eigenvalue weighted by atomic mass is 35.5. The van der Waals surface area contributed by atoms with Crippen molar-refractivity contribution in [3.8, 4) is 11.3 Å². The number of aromatic nitrogens is 1. The van der Waals surface area contributed by atoms with Crippen LogP contribution >= 0.6 is 11.6 Å². The van der Waals surface area contributed by atoms with E-state index in [9.17, 15) is 4.39 Å². The zero-order valence-corrected chi connectivity index (χ0v) is 10.8. The molecule has 0 atom stereocenters. The van der Waals surface area contributed by atoms with Crippen LogP contribution in [0.1, 0.15) is 19.0 Å². The highest BCUT2D eigenvalue weighted by Gasteiger charge is 2.08. The van der Waals surface area contributed by atoms with Crippen molar-refractivity contribution in [2.75, 3.05) is 6.54 Å². The van der Waals surface area contributed by atoms with E-state index >= 15 is 0 Å². The van der Waals surface area contributed by atoms with Crippen molar-refractivity contribution in [2.24, 2.45) is 0 Å². The Hall–Kier alpha value is -1.39. The molecule has 2 aromatic rings. The van der Waals surface area contributed by atoms with Crippen molar-refractivity contribution in [3.63, 3.8) is 0 Å². The summed E-state index contributed by atoms with van der Waals surface area (Å²) >= 11 is 5.72. The summed E-state index contributed by atoms with van der Waals surface area (Å²) in [5.74, 6) is 0.148. The van der Waals surface area contributed by atoms with Crippen molar-refractivity contribution in [1.29, 1.82) is 0 Å². The van der Waals surface area contributed by atoms with E-state index in [1.54, 1.807) is 6.07 Å². The van der Waals surface area contributed by atoms with Crippen LogP contribution in [0.25, 0.3) is 11.3 Å². The third-order valence-electron chi connectivity index (χ3n) is 2.50. The number of halogens is 2. The maximum Gasteiger partial charge on any atom is 0.167 e. The first-order chi connectivity index (χ1) is 8.70. The van der Waals surface area contributed by atoms with E-state index in [0.717, 1.165) is 24.2 Å². The van der Waals surface area contributed by atoms with Gasteiger partial charge >= 0.3 is 0 Å². The van der Waals surface area contributed by atoms with E-state index in [0.29, 0.717) is 12.3 Å². The Morgan fingerprint density at radius 1 is 1.39 bits per heavy atom. The van der Waals surface area contributed by atoms with Crippen LogP contribution in [0, 0.1) is 5.82 Å². The van der Waals surface area contributed by atoms with E-state index in [2.05, 4.69) is 17.4 Å². The normalized spacial score (nSPS) is 10.8. The minimum Gasteiger partial charge on any atom is -0.356 e. The molecule has 0 unspecified atom stereocenters. The average Bonchev–Trinajstić information content (AvgIpc) is 2.82. The number of hydrogen-bond donors (Lipinski definition) is 1. The van der Waals surface area contributed by atoms with Crippen molar-refractivity contribution < 1.29 is 8.91 Å². The first-order valence-corrected chi connectivity index (χ1v) is 6.20. The largest absolute Gasteiger partial charge is 0.356 e. The predicted octanol–water partition coefficient (Wildman–Crippen LogP) is 3.63. The van der Waals surface area contributed by atoms with Crippen LogP contribution in [0.4, 0.5) is 4.39 Å². The molecule has 0 fully saturated rings. The Morgan fingerprint density at radius 2 is 2.22 bits per heavy atom. The summed E-state index contributed by atoms with van der Waals surface area (Å²) in [5, 5.41) is 7.25. The Kier molecular flexibility index (Phi) is 4.33. The van der Waals surface area contributed by atoms with E-state index in [-0.39, 0.29) is 5.02 Å². The molecule has 18 heavy (non-hydrogen) atoms. The topological polar surface area (TPSA) is 38.1 Å². The van der Waals surface area contributed by atoms with Crippen LogP contribution < -0.4 is 5.32 Å². The molecular formula is C13H14ClFN2O. The second-order valence-corrected chi connectivity index (χ2v) is 4.40. The summed E-state index contributed by atoms with van der Waals surface area (Å²) in [4.78, 5) is 0. The Morgan fingerprint density at radius 3 is 2.94 bits per heavy atom. The maximum absolute atomic E-state index is 13.0. The monoisotopic (exact) mass is 268 g/mol. The molecule has 0 saturated heterocycles. The van der Waals surface area contributed by atoms with Gasteiger partial charge in [-0.1, -0.05) is 23.7 Å². The third-order valence-corrected chi connectivity index (χ3v) is 2.79. The maximum atomic E-state index is 13.0. The fourth-order valence-corrected chi connectivity index (χ4v) is 1.75.